The molecule has 2 fully saturated rings. The van der Waals surface area contributed by atoms with Crippen LogP contribution in [0.1, 0.15) is 23.4 Å². The molecule has 2 aromatic heterocycles. The van der Waals surface area contributed by atoms with E-state index in [1.807, 2.05) is 32.5 Å². The molecule has 2 aromatic rings. The highest BCUT2D eigenvalue weighted by Crippen LogP contribution is 2.46. The van der Waals surface area contributed by atoms with Crippen molar-refractivity contribution >= 4 is 16.5 Å². The molecule has 0 radical (unpaired) electrons. The third-order valence-electron chi connectivity index (χ3n) is 5.93. The fourth-order valence-corrected chi connectivity index (χ4v) is 5.31. The van der Waals surface area contributed by atoms with Crippen molar-refractivity contribution in [2.24, 2.45) is 11.3 Å². The van der Waals surface area contributed by atoms with Crippen molar-refractivity contribution in [1.82, 2.24) is 20.1 Å². The zero-order chi connectivity index (χ0) is 18.0. The summed E-state index contributed by atoms with van der Waals surface area (Å²) in [6.45, 7) is 8.25. The molecule has 7 heteroatoms. The molecule has 2 saturated heterocycles. The highest BCUT2D eigenvalue weighted by atomic mass is 32.1. The standard InChI is InChI=1S/C19H27N5OS/c1-15-21-22-18(26-15)24-8-5-19(6-9-24)14-23(12-17(19)13-25-2)11-16-4-3-7-20-10-16/h3-4,7,10,17H,5-6,8-9,11-14H2,1-2H3/t17-/m0/s1. The van der Waals surface area contributed by atoms with Crippen LogP contribution in [0.4, 0.5) is 5.13 Å². The molecule has 0 aliphatic carbocycles. The van der Waals surface area contributed by atoms with E-state index in [0.717, 1.165) is 49.5 Å². The van der Waals surface area contributed by atoms with E-state index in [0.29, 0.717) is 11.3 Å². The van der Waals surface area contributed by atoms with Crippen molar-refractivity contribution in [3.63, 3.8) is 0 Å². The number of aromatic nitrogens is 3. The SMILES string of the molecule is COC[C@@H]1CN(Cc2cccnc2)CC12CCN(c1nnc(C)s1)CC2. The van der Waals surface area contributed by atoms with Crippen LogP contribution in [0.3, 0.4) is 0 Å². The number of pyridine rings is 1. The van der Waals surface area contributed by atoms with Gasteiger partial charge >= 0.3 is 0 Å². The highest BCUT2D eigenvalue weighted by molar-refractivity contribution is 7.15. The van der Waals surface area contributed by atoms with Crippen molar-refractivity contribution < 1.29 is 4.74 Å². The molecule has 4 rings (SSSR count). The summed E-state index contributed by atoms with van der Waals surface area (Å²) in [6.07, 6.45) is 6.22. The van der Waals surface area contributed by atoms with Crippen LogP contribution in [0.25, 0.3) is 0 Å². The normalized spacial score (nSPS) is 23.0. The van der Waals surface area contributed by atoms with E-state index in [2.05, 4.69) is 31.0 Å². The maximum absolute atomic E-state index is 5.59. The molecule has 2 aliphatic heterocycles. The van der Waals surface area contributed by atoms with Gasteiger partial charge in [0, 0.05) is 58.1 Å². The van der Waals surface area contributed by atoms with Gasteiger partial charge in [0.25, 0.3) is 0 Å². The van der Waals surface area contributed by atoms with Gasteiger partial charge in [0.15, 0.2) is 0 Å². The van der Waals surface area contributed by atoms with Crippen LogP contribution in [0.15, 0.2) is 24.5 Å². The maximum Gasteiger partial charge on any atom is 0.208 e. The van der Waals surface area contributed by atoms with E-state index < -0.39 is 0 Å². The number of aryl methyl sites for hydroxylation is 1. The van der Waals surface area contributed by atoms with Gasteiger partial charge in [0.2, 0.25) is 5.13 Å². The molecule has 0 saturated carbocycles. The second-order valence-corrected chi connectivity index (χ2v) is 8.80. The van der Waals surface area contributed by atoms with Gasteiger partial charge in [0.05, 0.1) is 6.61 Å². The van der Waals surface area contributed by atoms with Gasteiger partial charge < -0.3 is 9.64 Å². The molecule has 2 aliphatic rings. The number of methoxy groups -OCH3 is 1. The molecule has 0 N–H and O–H groups in total. The Balaban J connectivity index is 1.44. The first-order valence-electron chi connectivity index (χ1n) is 9.34. The lowest BCUT2D eigenvalue weighted by Gasteiger charge is -2.42. The Hall–Kier alpha value is -1.57. The lowest BCUT2D eigenvalue weighted by Crippen LogP contribution is -2.45. The second kappa shape index (κ2) is 7.58. The fourth-order valence-electron chi connectivity index (χ4n) is 4.57. The second-order valence-electron chi connectivity index (χ2n) is 7.64. The third-order valence-corrected chi connectivity index (χ3v) is 6.82. The third kappa shape index (κ3) is 3.61. The molecule has 140 valence electrons. The Morgan fingerprint density at radius 3 is 2.81 bits per heavy atom. The lowest BCUT2D eigenvalue weighted by atomic mass is 9.71. The Labute approximate surface area is 159 Å². The number of likely N-dealkylation sites (tertiary alicyclic amines) is 1. The molecule has 4 heterocycles. The molecule has 1 atom stereocenters. The molecule has 1 spiro atoms. The van der Waals surface area contributed by atoms with Gasteiger partial charge in [-0.3, -0.25) is 9.88 Å². The average Bonchev–Trinajstić information content (AvgIpc) is 3.22. The minimum atomic E-state index is 0.356. The fraction of sp³-hybridized carbons (Fsp3) is 0.632. The summed E-state index contributed by atoms with van der Waals surface area (Å²) < 4.78 is 5.59. The Morgan fingerprint density at radius 2 is 2.15 bits per heavy atom. The van der Waals surface area contributed by atoms with Crippen LogP contribution in [0.2, 0.25) is 0 Å². The monoisotopic (exact) mass is 373 g/mol. The van der Waals surface area contributed by atoms with Crippen molar-refractivity contribution in [3.8, 4) is 0 Å². The quantitative estimate of drug-likeness (QED) is 0.803. The average molecular weight is 374 g/mol. The zero-order valence-corrected chi connectivity index (χ0v) is 16.4. The number of hydrogen-bond acceptors (Lipinski definition) is 7. The summed E-state index contributed by atoms with van der Waals surface area (Å²) in [7, 11) is 1.83. The number of piperidine rings is 1. The first kappa shape index (κ1) is 17.8. The van der Waals surface area contributed by atoms with Gasteiger partial charge in [-0.05, 0) is 36.8 Å². The van der Waals surface area contributed by atoms with E-state index in [-0.39, 0.29) is 0 Å². The van der Waals surface area contributed by atoms with Gasteiger partial charge in [-0.25, -0.2) is 0 Å². The van der Waals surface area contributed by atoms with Gasteiger partial charge in [-0.1, -0.05) is 17.4 Å². The Bertz CT molecular complexity index is 714. The van der Waals surface area contributed by atoms with Crippen LogP contribution in [0, 0.1) is 18.3 Å². The number of nitrogens with zero attached hydrogens (tertiary/aromatic N) is 5. The first-order chi connectivity index (χ1) is 12.7. The van der Waals surface area contributed by atoms with Crippen molar-refractivity contribution in [2.75, 3.05) is 44.8 Å². The summed E-state index contributed by atoms with van der Waals surface area (Å²) in [5.74, 6) is 0.600. The summed E-state index contributed by atoms with van der Waals surface area (Å²) in [5, 5.41) is 10.6. The van der Waals surface area contributed by atoms with Crippen LogP contribution in [-0.2, 0) is 11.3 Å². The Morgan fingerprint density at radius 1 is 1.31 bits per heavy atom. The lowest BCUT2D eigenvalue weighted by molar-refractivity contribution is 0.0762. The summed E-state index contributed by atoms with van der Waals surface area (Å²) in [6, 6.07) is 4.19. The predicted octanol–water partition coefficient (Wildman–Crippen LogP) is 2.61. The van der Waals surface area contributed by atoms with Crippen molar-refractivity contribution in [2.45, 2.75) is 26.3 Å². The van der Waals surface area contributed by atoms with E-state index in [1.54, 1.807) is 11.3 Å². The molecule has 26 heavy (non-hydrogen) atoms. The molecule has 0 bridgehead atoms. The van der Waals surface area contributed by atoms with Crippen LogP contribution < -0.4 is 4.90 Å². The van der Waals surface area contributed by atoms with Crippen LogP contribution in [0.5, 0.6) is 0 Å². The highest BCUT2D eigenvalue weighted by Gasteiger charge is 2.48. The minimum absolute atomic E-state index is 0.356. The maximum atomic E-state index is 5.59. The van der Waals surface area contributed by atoms with E-state index >= 15 is 0 Å². The number of rotatable bonds is 5. The summed E-state index contributed by atoms with van der Waals surface area (Å²) in [5.41, 5.74) is 1.65. The van der Waals surface area contributed by atoms with Gasteiger partial charge in [-0.2, -0.15) is 0 Å². The Kier molecular flexibility index (Phi) is 5.20. The van der Waals surface area contributed by atoms with Gasteiger partial charge in [-0.15, -0.1) is 10.2 Å². The van der Waals surface area contributed by atoms with Crippen LogP contribution >= 0.6 is 11.3 Å². The predicted molar refractivity (Wildman–Crippen MR) is 103 cm³/mol. The first-order valence-corrected chi connectivity index (χ1v) is 10.2. The van der Waals surface area contributed by atoms with E-state index in [1.165, 1.54) is 18.4 Å². The van der Waals surface area contributed by atoms with E-state index in [4.69, 9.17) is 4.74 Å². The summed E-state index contributed by atoms with van der Waals surface area (Å²) >= 11 is 1.70. The number of anilines is 1. The topological polar surface area (TPSA) is 54.4 Å². The van der Waals surface area contributed by atoms with Crippen molar-refractivity contribution in [1.29, 1.82) is 0 Å². The van der Waals surface area contributed by atoms with Gasteiger partial charge in [0.1, 0.15) is 5.01 Å². The van der Waals surface area contributed by atoms with E-state index in [9.17, 15) is 0 Å². The molecule has 0 amide bonds. The molecular formula is C19H27N5OS. The van der Waals surface area contributed by atoms with Crippen LogP contribution in [-0.4, -0.2) is 60.0 Å². The minimum Gasteiger partial charge on any atom is -0.384 e. The summed E-state index contributed by atoms with van der Waals surface area (Å²) in [4.78, 5) is 9.26. The smallest absolute Gasteiger partial charge is 0.208 e. The molecule has 6 nitrogen and oxygen atoms in total. The largest absolute Gasteiger partial charge is 0.384 e. The number of hydrogen-bond donors (Lipinski definition) is 0. The number of ether oxygens (including phenoxy) is 1. The molecule has 0 aromatic carbocycles. The zero-order valence-electron chi connectivity index (χ0n) is 15.6. The van der Waals surface area contributed by atoms with Crippen molar-refractivity contribution in [3.05, 3.63) is 35.1 Å². The molecular weight excluding hydrogens is 346 g/mol. The molecule has 0 unspecified atom stereocenters.